The number of ketones is 1. The lowest BCUT2D eigenvalue weighted by atomic mass is 9.95. The number of ether oxygens (including phenoxy) is 2. The van der Waals surface area contributed by atoms with Crippen molar-refractivity contribution < 1.29 is 28.6 Å². The van der Waals surface area contributed by atoms with Gasteiger partial charge in [0.1, 0.15) is 16.6 Å². The Morgan fingerprint density at radius 3 is 2.39 bits per heavy atom. The van der Waals surface area contributed by atoms with Crippen LogP contribution in [0.4, 0.5) is 9.52 Å². The Kier molecular flexibility index (Phi) is 8.11. The van der Waals surface area contributed by atoms with Crippen molar-refractivity contribution in [1.29, 1.82) is 0 Å². The summed E-state index contributed by atoms with van der Waals surface area (Å²) in [7, 11) is 1.50. The van der Waals surface area contributed by atoms with E-state index in [0.29, 0.717) is 34.6 Å². The Morgan fingerprint density at radius 1 is 1.08 bits per heavy atom. The lowest BCUT2D eigenvalue weighted by Gasteiger charge is -2.23. The minimum atomic E-state index is -1.02. The van der Waals surface area contributed by atoms with Crippen molar-refractivity contribution in [2.75, 3.05) is 18.6 Å². The Bertz CT molecular complexity index is 1370. The highest BCUT2D eigenvalue weighted by molar-refractivity contribution is 7.15. The molecule has 1 atom stereocenters. The lowest BCUT2D eigenvalue weighted by Crippen LogP contribution is -2.29. The Hall–Kier alpha value is -3.79. The number of amides is 1. The number of methoxy groups -OCH3 is 1. The van der Waals surface area contributed by atoms with Gasteiger partial charge in [-0.3, -0.25) is 14.5 Å². The average molecular weight is 540 g/mol. The van der Waals surface area contributed by atoms with Gasteiger partial charge >= 0.3 is 5.91 Å². The van der Waals surface area contributed by atoms with E-state index in [9.17, 15) is 19.1 Å². The number of carbonyl (C=O) groups excluding carboxylic acids is 2. The highest BCUT2D eigenvalue weighted by Gasteiger charge is 2.48. The predicted octanol–water partition coefficient (Wildman–Crippen LogP) is 5.86. The third-order valence-corrected chi connectivity index (χ3v) is 7.37. The van der Waals surface area contributed by atoms with E-state index in [1.165, 1.54) is 47.6 Å². The number of benzene rings is 2. The summed E-state index contributed by atoms with van der Waals surface area (Å²) in [6.45, 7) is 8.61. The molecule has 8 nitrogen and oxygen atoms in total. The van der Waals surface area contributed by atoms with E-state index in [0.717, 1.165) is 6.42 Å². The van der Waals surface area contributed by atoms with Gasteiger partial charge < -0.3 is 14.6 Å². The summed E-state index contributed by atoms with van der Waals surface area (Å²) < 4.78 is 25.0. The van der Waals surface area contributed by atoms with Gasteiger partial charge in [-0.2, -0.15) is 0 Å². The third kappa shape index (κ3) is 5.40. The Morgan fingerprint density at radius 2 is 1.79 bits per heavy atom. The normalized spacial score (nSPS) is 17.1. The van der Waals surface area contributed by atoms with Crippen molar-refractivity contribution in [2.24, 2.45) is 5.92 Å². The molecule has 3 aromatic rings. The summed E-state index contributed by atoms with van der Waals surface area (Å²) in [6, 6.07) is 9.14. The van der Waals surface area contributed by atoms with Crippen molar-refractivity contribution in [2.45, 2.75) is 46.1 Å². The molecule has 1 aliphatic rings. The third-order valence-electron chi connectivity index (χ3n) is 6.15. The summed E-state index contributed by atoms with van der Waals surface area (Å²) in [5, 5.41) is 20.5. The molecule has 1 fully saturated rings. The topological polar surface area (TPSA) is 102 Å². The lowest BCUT2D eigenvalue weighted by molar-refractivity contribution is -0.132. The second-order valence-electron chi connectivity index (χ2n) is 9.69. The summed E-state index contributed by atoms with van der Waals surface area (Å²) in [5.74, 6) is -1.17. The first-order valence-corrected chi connectivity index (χ1v) is 13.1. The number of halogens is 1. The molecule has 0 saturated carbocycles. The summed E-state index contributed by atoms with van der Waals surface area (Å²) >= 11 is 1.20. The quantitative estimate of drug-likeness (QED) is 0.206. The monoisotopic (exact) mass is 539 g/mol. The van der Waals surface area contributed by atoms with Gasteiger partial charge in [0, 0.05) is 11.5 Å². The van der Waals surface area contributed by atoms with Crippen molar-refractivity contribution in [3.8, 4) is 11.5 Å². The number of nitrogens with zero attached hydrogens (tertiary/aromatic N) is 3. The zero-order chi connectivity index (χ0) is 27.6. The fourth-order valence-electron chi connectivity index (χ4n) is 4.04. The second-order valence-corrected chi connectivity index (χ2v) is 10.7. The number of aliphatic hydroxyl groups is 1. The minimum absolute atomic E-state index is 0.0677. The number of hydrogen-bond donors (Lipinski definition) is 1. The fourth-order valence-corrected chi connectivity index (χ4v) is 4.92. The molecule has 4 rings (SSSR count). The maximum Gasteiger partial charge on any atom is 0.301 e. The maximum atomic E-state index is 13.5. The predicted molar refractivity (Wildman–Crippen MR) is 143 cm³/mol. The van der Waals surface area contributed by atoms with Crippen LogP contribution < -0.4 is 14.4 Å². The van der Waals surface area contributed by atoms with E-state index in [4.69, 9.17) is 9.47 Å². The van der Waals surface area contributed by atoms with E-state index in [2.05, 4.69) is 24.0 Å². The zero-order valence-corrected chi connectivity index (χ0v) is 22.7. The first kappa shape index (κ1) is 27.3. The molecule has 0 radical (unpaired) electrons. The number of anilines is 1. The van der Waals surface area contributed by atoms with Gasteiger partial charge in [-0.25, -0.2) is 4.39 Å². The van der Waals surface area contributed by atoms with Crippen LogP contribution in [-0.4, -0.2) is 40.7 Å². The number of Topliss-reactive ketones (excluding diaryl/α,β-unsaturated/α-hetero) is 1. The molecule has 1 aliphatic heterocycles. The first-order valence-electron chi connectivity index (χ1n) is 12.3. The molecule has 1 saturated heterocycles. The van der Waals surface area contributed by atoms with Crippen LogP contribution in [0, 0.1) is 11.7 Å². The number of rotatable bonds is 9. The number of aliphatic hydroxyl groups excluding tert-OH is 1. The van der Waals surface area contributed by atoms with Crippen LogP contribution in [0.2, 0.25) is 0 Å². The van der Waals surface area contributed by atoms with Crippen LogP contribution in [-0.2, 0) is 9.59 Å². The smallest absolute Gasteiger partial charge is 0.301 e. The highest BCUT2D eigenvalue weighted by atomic mass is 32.1. The highest BCUT2D eigenvalue weighted by Crippen LogP contribution is 2.45. The van der Waals surface area contributed by atoms with Gasteiger partial charge in [0.2, 0.25) is 5.13 Å². The molecular weight excluding hydrogens is 509 g/mol. The van der Waals surface area contributed by atoms with Gasteiger partial charge in [0.15, 0.2) is 11.5 Å². The van der Waals surface area contributed by atoms with Crippen molar-refractivity contribution in [3.05, 3.63) is 70.0 Å². The molecule has 1 N–H and O–H groups in total. The number of aromatic nitrogens is 2. The van der Waals surface area contributed by atoms with Crippen molar-refractivity contribution >= 4 is 33.9 Å². The van der Waals surface area contributed by atoms with Crippen LogP contribution in [0.1, 0.15) is 62.2 Å². The van der Waals surface area contributed by atoms with Gasteiger partial charge in [-0.05, 0) is 54.3 Å². The van der Waals surface area contributed by atoms with Gasteiger partial charge in [0.25, 0.3) is 5.78 Å². The molecule has 2 aromatic carbocycles. The number of hydrogen-bond acceptors (Lipinski definition) is 8. The van der Waals surface area contributed by atoms with Crippen molar-refractivity contribution in [1.82, 2.24) is 10.2 Å². The fraction of sp³-hybridized carbons (Fsp3) is 0.357. The van der Waals surface area contributed by atoms with Crippen LogP contribution in [0.15, 0.2) is 48.0 Å². The summed E-state index contributed by atoms with van der Waals surface area (Å²) in [6.07, 6.45) is 0.859. The van der Waals surface area contributed by atoms with E-state index >= 15 is 0 Å². The first-order chi connectivity index (χ1) is 18.1. The molecule has 0 unspecified atom stereocenters. The minimum Gasteiger partial charge on any atom is -0.507 e. The second kappa shape index (κ2) is 11.3. The van der Waals surface area contributed by atoms with Crippen LogP contribution in [0.3, 0.4) is 0 Å². The van der Waals surface area contributed by atoms with E-state index in [1.807, 2.05) is 13.8 Å². The molecule has 1 aromatic heterocycles. The SMILES string of the molecule is COc1cc([C@@H]2C(=C(O)c3ccc(F)cc3)C(=O)C(=O)N2c2nnc(C(C)C)s2)ccc1OCCC(C)C. The zero-order valence-electron chi connectivity index (χ0n) is 21.9. The molecule has 0 bridgehead atoms. The molecule has 1 amide bonds. The average Bonchev–Trinajstić information content (AvgIpc) is 3.47. The Labute approximate surface area is 224 Å². The van der Waals surface area contributed by atoms with Gasteiger partial charge in [-0.15, -0.1) is 10.2 Å². The van der Waals surface area contributed by atoms with E-state index in [1.54, 1.807) is 18.2 Å². The number of carbonyl (C=O) groups is 2. The van der Waals surface area contributed by atoms with Crippen LogP contribution in [0.25, 0.3) is 5.76 Å². The maximum absolute atomic E-state index is 13.5. The largest absolute Gasteiger partial charge is 0.507 e. The molecule has 200 valence electrons. The van der Waals surface area contributed by atoms with Crippen LogP contribution in [0.5, 0.6) is 11.5 Å². The molecule has 0 aliphatic carbocycles. The summed E-state index contributed by atoms with van der Waals surface area (Å²) in [5.41, 5.74) is 0.566. The molecule has 10 heteroatoms. The summed E-state index contributed by atoms with van der Waals surface area (Å²) in [4.78, 5) is 27.9. The Balaban J connectivity index is 1.85. The molecule has 2 heterocycles. The van der Waals surface area contributed by atoms with E-state index in [-0.39, 0.29) is 22.2 Å². The molecular formula is C28H30FN3O5S. The standard InChI is InChI=1S/C28H30FN3O5S/c1-15(2)12-13-37-20-11-8-18(14-21(20)36-5)23-22(24(33)17-6-9-19(29)10-7-17)25(34)27(35)32(23)28-31-30-26(38-28)16(3)4/h6-11,14-16,23,33H,12-13H2,1-5H3/t23-/m1/s1. The van der Waals surface area contributed by atoms with E-state index < -0.39 is 29.3 Å². The molecule has 0 spiro atoms. The molecule has 38 heavy (non-hydrogen) atoms. The van der Waals surface area contributed by atoms with Gasteiger partial charge in [-0.1, -0.05) is 45.1 Å². The van der Waals surface area contributed by atoms with Crippen molar-refractivity contribution in [3.63, 3.8) is 0 Å². The van der Waals surface area contributed by atoms with Gasteiger partial charge in [0.05, 0.1) is 25.3 Å². The van der Waals surface area contributed by atoms with Crippen LogP contribution >= 0.6 is 11.3 Å².